The normalized spacial score (nSPS) is 17.6. The molecule has 0 aromatic carbocycles. The van der Waals surface area contributed by atoms with Crippen molar-refractivity contribution in [1.82, 2.24) is 4.98 Å². The van der Waals surface area contributed by atoms with Gasteiger partial charge in [-0.3, -0.25) is 4.79 Å². The number of nitrogens with zero attached hydrogens (tertiary/aromatic N) is 1. The van der Waals surface area contributed by atoms with E-state index in [1.165, 1.54) is 12.8 Å². The molecule has 0 bridgehead atoms. The third-order valence-corrected chi connectivity index (χ3v) is 3.19. The van der Waals surface area contributed by atoms with E-state index in [1.807, 2.05) is 6.07 Å². The number of aromatic nitrogens is 1. The van der Waals surface area contributed by atoms with Crippen LogP contribution in [0.2, 0.25) is 0 Å². The zero-order valence-electron chi connectivity index (χ0n) is 10.2. The van der Waals surface area contributed by atoms with Crippen LogP contribution in [0.15, 0.2) is 18.3 Å². The highest BCUT2D eigenvalue weighted by Crippen LogP contribution is 2.25. The molecule has 1 saturated carbocycles. The van der Waals surface area contributed by atoms with Gasteiger partial charge in [-0.05, 0) is 31.7 Å². The van der Waals surface area contributed by atoms with Gasteiger partial charge in [0.25, 0.3) is 0 Å². The minimum Gasteiger partial charge on any atom is -0.480 e. The molecule has 1 heterocycles. The second kappa shape index (κ2) is 5.82. The number of hydrogen-bond donors (Lipinski definition) is 2. The first-order chi connectivity index (χ1) is 8.66. The fraction of sp³-hybridized carbons (Fsp3) is 0.538. The van der Waals surface area contributed by atoms with Gasteiger partial charge in [-0.1, -0.05) is 6.07 Å². The molecule has 18 heavy (non-hydrogen) atoms. The van der Waals surface area contributed by atoms with Gasteiger partial charge in [-0.25, -0.2) is 4.98 Å². The minimum atomic E-state index is -1.01. The lowest BCUT2D eigenvalue weighted by molar-refractivity contribution is -0.138. The fourth-order valence-corrected chi connectivity index (χ4v) is 2.17. The van der Waals surface area contributed by atoms with Crippen molar-refractivity contribution in [2.45, 2.75) is 44.2 Å². The summed E-state index contributed by atoms with van der Waals surface area (Å²) in [6.07, 6.45) is 6.55. The zero-order valence-corrected chi connectivity index (χ0v) is 10.2. The lowest BCUT2D eigenvalue weighted by atomic mass is 10.1. The summed E-state index contributed by atoms with van der Waals surface area (Å²) in [4.78, 5) is 15.0. The first kappa shape index (κ1) is 12.8. The van der Waals surface area contributed by atoms with Crippen LogP contribution in [0.5, 0.6) is 5.88 Å². The number of pyridine rings is 1. The zero-order chi connectivity index (χ0) is 13.0. The molecule has 2 rings (SSSR count). The van der Waals surface area contributed by atoms with Crippen molar-refractivity contribution in [2.75, 3.05) is 0 Å². The Morgan fingerprint density at radius 3 is 2.94 bits per heavy atom. The highest BCUT2D eigenvalue weighted by atomic mass is 16.5. The van der Waals surface area contributed by atoms with Crippen molar-refractivity contribution in [3.8, 4) is 5.88 Å². The number of carboxylic acid groups (broad SMARTS) is 1. The first-order valence-corrected chi connectivity index (χ1v) is 6.26. The number of ether oxygens (including phenoxy) is 1. The Morgan fingerprint density at radius 2 is 2.28 bits per heavy atom. The Labute approximate surface area is 106 Å². The summed E-state index contributed by atoms with van der Waals surface area (Å²) in [5.74, 6) is -0.480. The number of carbonyl (C=O) groups is 1. The Balaban J connectivity index is 2.06. The highest BCUT2D eigenvalue weighted by Gasteiger charge is 2.20. The molecule has 1 fully saturated rings. The predicted molar refractivity (Wildman–Crippen MR) is 66.4 cm³/mol. The number of hydrogen-bond acceptors (Lipinski definition) is 4. The van der Waals surface area contributed by atoms with Gasteiger partial charge in [0.05, 0.1) is 0 Å². The van der Waals surface area contributed by atoms with Crippen molar-refractivity contribution < 1.29 is 14.6 Å². The van der Waals surface area contributed by atoms with Gasteiger partial charge in [0.15, 0.2) is 0 Å². The lowest BCUT2D eigenvalue weighted by Crippen LogP contribution is -2.32. The fourth-order valence-electron chi connectivity index (χ4n) is 2.17. The SMILES string of the molecule is NC(Cc1cccnc1OC1CCCC1)C(=O)O. The third-order valence-electron chi connectivity index (χ3n) is 3.19. The summed E-state index contributed by atoms with van der Waals surface area (Å²) in [5.41, 5.74) is 6.31. The van der Waals surface area contributed by atoms with E-state index in [4.69, 9.17) is 15.6 Å². The highest BCUT2D eigenvalue weighted by molar-refractivity contribution is 5.73. The van der Waals surface area contributed by atoms with E-state index >= 15 is 0 Å². The van der Waals surface area contributed by atoms with Gasteiger partial charge in [0.2, 0.25) is 5.88 Å². The summed E-state index contributed by atoms with van der Waals surface area (Å²) in [5, 5.41) is 8.83. The van der Waals surface area contributed by atoms with E-state index in [9.17, 15) is 4.79 Å². The van der Waals surface area contributed by atoms with Crippen LogP contribution in [0.4, 0.5) is 0 Å². The summed E-state index contributed by atoms with van der Waals surface area (Å²) >= 11 is 0. The van der Waals surface area contributed by atoms with Gasteiger partial charge in [-0.15, -0.1) is 0 Å². The molecule has 1 aliphatic rings. The molecule has 3 N–H and O–H groups in total. The minimum absolute atomic E-state index is 0.208. The molecule has 1 atom stereocenters. The summed E-state index contributed by atoms with van der Waals surface area (Å²) in [6.45, 7) is 0. The number of aliphatic carboxylic acids is 1. The molecule has 5 heteroatoms. The Morgan fingerprint density at radius 1 is 1.56 bits per heavy atom. The lowest BCUT2D eigenvalue weighted by Gasteiger charge is -2.16. The maximum absolute atomic E-state index is 10.8. The van der Waals surface area contributed by atoms with E-state index < -0.39 is 12.0 Å². The standard InChI is InChI=1S/C13H18N2O3/c14-11(13(16)17)8-9-4-3-7-15-12(9)18-10-5-1-2-6-10/h3-4,7,10-11H,1-2,5-6,8,14H2,(H,16,17). The van der Waals surface area contributed by atoms with Crippen molar-refractivity contribution in [1.29, 1.82) is 0 Å². The van der Waals surface area contributed by atoms with Crippen LogP contribution in [-0.2, 0) is 11.2 Å². The molecule has 1 unspecified atom stereocenters. The monoisotopic (exact) mass is 250 g/mol. The maximum atomic E-state index is 10.8. The predicted octanol–water partition coefficient (Wildman–Crippen LogP) is 1.36. The average Bonchev–Trinajstić information content (AvgIpc) is 2.84. The molecule has 0 aliphatic heterocycles. The van der Waals surface area contributed by atoms with E-state index in [1.54, 1.807) is 12.3 Å². The molecule has 0 amide bonds. The average molecular weight is 250 g/mol. The molecule has 1 aliphatic carbocycles. The van der Waals surface area contributed by atoms with Crippen LogP contribution in [0.1, 0.15) is 31.2 Å². The van der Waals surface area contributed by atoms with Gasteiger partial charge >= 0.3 is 5.97 Å². The Kier molecular flexibility index (Phi) is 4.15. The van der Waals surface area contributed by atoms with E-state index in [0.29, 0.717) is 5.88 Å². The molecule has 0 radical (unpaired) electrons. The van der Waals surface area contributed by atoms with Crippen molar-refractivity contribution in [2.24, 2.45) is 5.73 Å². The van der Waals surface area contributed by atoms with Crippen LogP contribution < -0.4 is 10.5 Å². The van der Waals surface area contributed by atoms with Crippen molar-refractivity contribution in [3.05, 3.63) is 23.9 Å². The summed E-state index contributed by atoms with van der Waals surface area (Å²) < 4.78 is 5.83. The van der Waals surface area contributed by atoms with Crippen LogP contribution in [0, 0.1) is 0 Å². The van der Waals surface area contributed by atoms with Crippen LogP contribution in [0.3, 0.4) is 0 Å². The van der Waals surface area contributed by atoms with Crippen molar-refractivity contribution in [3.63, 3.8) is 0 Å². The third kappa shape index (κ3) is 3.20. The molecule has 98 valence electrons. The molecular weight excluding hydrogens is 232 g/mol. The summed E-state index contributed by atoms with van der Waals surface area (Å²) in [6, 6.07) is 2.67. The topological polar surface area (TPSA) is 85.4 Å². The van der Waals surface area contributed by atoms with Gasteiger partial charge in [-0.2, -0.15) is 0 Å². The molecule has 5 nitrogen and oxygen atoms in total. The molecule has 1 aromatic rings. The number of rotatable bonds is 5. The van der Waals surface area contributed by atoms with E-state index in [-0.39, 0.29) is 12.5 Å². The Bertz CT molecular complexity index is 416. The maximum Gasteiger partial charge on any atom is 0.320 e. The van der Waals surface area contributed by atoms with E-state index in [0.717, 1.165) is 18.4 Å². The molecular formula is C13H18N2O3. The van der Waals surface area contributed by atoms with Crippen LogP contribution in [-0.4, -0.2) is 28.2 Å². The smallest absolute Gasteiger partial charge is 0.320 e. The van der Waals surface area contributed by atoms with E-state index in [2.05, 4.69) is 4.98 Å². The largest absolute Gasteiger partial charge is 0.480 e. The van der Waals surface area contributed by atoms with Gasteiger partial charge < -0.3 is 15.6 Å². The second-order valence-corrected chi connectivity index (χ2v) is 4.64. The number of nitrogens with two attached hydrogens (primary N) is 1. The molecule has 0 spiro atoms. The van der Waals surface area contributed by atoms with Crippen LogP contribution >= 0.6 is 0 Å². The molecule has 0 saturated heterocycles. The molecule has 1 aromatic heterocycles. The van der Waals surface area contributed by atoms with Crippen LogP contribution in [0.25, 0.3) is 0 Å². The second-order valence-electron chi connectivity index (χ2n) is 4.64. The quantitative estimate of drug-likeness (QED) is 0.824. The van der Waals surface area contributed by atoms with Gasteiger partial charge in [0, 0.05) is 18.2 Å². The Hall–Kier alpha value is -1.62. The first-order valence-electron chi connectivity index (χ1n) is 6.26. The number of carboxylic acids is 1. The summed E-state index contributed by atoms with van der Waals surface area (Å²) in [7, 11) is 0. The van der Waals surface area contributed by atoms with Crippen molar-refractivity contribution >= 4 is 5.97 Å². The van der Waals surface area contributed by atoms with Gasteiger partial charge in [0.1, 0.15) is 12.1 Å².